The fourth-order valence-electron chi connectivity index (χ4n) is 2.33. The molecule has 0 amide bonds. The van der Waals surface area contributed by atoms with Gasteiger partial charge in [-0.05, 0) is 24.5 Å². The van der Waals surface area contributed by atoms with Crippen molar-refractivity contribution < 1.29 is 9.84 Å². The molecule has 0 unspecified atom stereocenters. The molecule has 0 atom stereocenters. The van der Waals surface area contributed by atoms with E-state index in [4.69, 9.17) is 4.74 Å². The molecule has 2 rings (SSSR count). The van der Waals surface area contributed by atoms with Crippen molar-refractivity contribution in [2.24, 2.45) is 12.5 Å². The first-order chi connectivity index (χ1) is 8.24. The second-order valence-electron chi connectivity index (χ2n) is 5.06. The van der Waals surface area contributed by atoms with Gasteiger partial charge in [-0.25, -0.2) is 0 Å². The second-order valence-corrected chi connectivity index (χ2v) is 5.06. The van der Waals surface area contributed by atoms with Gasteiger partial charge in [-0.3, -0.25) is 0 Å². The van der Waals surface area contributed by atoms with E-state index in [1.807, 2.05) is 17.8 Å². The van der Waals surface area contributed by atoms with Crippen LogP contribution in [-0.2, 0) is 18.3 Å². The Morgan fingerprint density at radius 2 is 2.24 bits per heavy atom. The van der Waals surface area contributed by atoms with Gasteiger partial charge in [0.1, 0.15) is 0 Å². The Labute approximate surface area is 103 Å². The zero-order chi connectivity index (χ0) is 12.1. The minimum atomic E-state index is 0.0209. The van der Waals surface area contributed by atoms with Gasteiger partial charge in [0.2, 0.25) is 0 Å². The first kappa shape index (κ1) is 12.6. The summed E-state index contributed by atoms with van der Waals surface area (Å²) in [5.41, 5.74) is 1.31. The highest BCUT2D eigenvalue weighted by molar-refractivity contribution is 5.09. The number of rotatable bonds is 5. The Kier molecular flexibility index (Phi) is 4.20. The standard InChI is InChI=1S/C13H22N2O2/c1-15-5-2-12(9-15)8-14-10-13(11-16)3-6-17-7-4-13/h2,5,9,14,16H,3-4,6-8,10-11H2,1H3. The van der Waals surface area contributed by atoms with E-state index in [9.17, 15) is 5.11 Å². The predicted molar refractivity (Wildman–Crippen MR) is 66.7 cm³/mol. The van der Waals surface area contributed by atoms with Crippen LogP contribution in [0, 0.1) is 5.41 Å². The van der Waals surface area contributed by atoms with Gasteiger partial charge in [0.25, 0.3) is 0 Å². The third kappa shape index (κ3) is 3.31. The van der Waals surface area contributed by atoms with E-state index < -0.39 is 0 Å². The van der Waals surface area contributed by atoms with Gasteiger partial charge in [0.15, 0.2) is 0 Å². The average molecular weight is 238 g/mol. The lowest BCUT2D eigenvalue weighted by Gasteiger charge is -2.35. The van der Waals surface area contributed by atoms with E-state index in [2.05, 4.69) is 17.6 Å². The SMILES string of the molecule is Cn1ccc(CNCC2(CO)CCOCC2)c1. The summed E-state index contributed by atoms with van der Waals surface area (Å²) < 4.78 is 7.40. The highest BCUT2D eigenvalue weighted by Crippen LogP contribution is 2.29. The van der Waals surface area contributed by atoms with E-state index in [0.717, 1.165) is 39.1 Å². The summed E-state index contributed by atoms with van der Waals surface area (Å²) >= 11 is 0. The molecule has 0 saturated carbocycles. The third-order valence-electron chi connectivity index (χ3n) is 3.61. The molecule has 4 nitrogen and oxygen atoms in total. The van der Waals surface area contributed by atoms with Crippen LogP contribution in [0.4, 0.5) is 0 Å². The summed E-state index contributed by atoms with van der Waals surface area (Å²) in [6, 6.07) is 2.11. The van der Waals surface area contributed by atoms with Gasteiger partial charge >= 0.3 is 0 Å². The van der Waals surface area contributed by atoms with E-state index in [-0.39, 0.29) is 12.0 Å². The van der Waals surface area contributed by atoms with Crippen LogP contribution < -0.4 is 5.32 Å². The molecule has 17 heavy (non-hydrogen) atoms. The van der Waals surface area contributed by atoms with Gasteiger partial charge in [0.05, 0.1) is 6.61 Å². The predicted octanol–water partition coefficient (Wildman–Crippen LogP) is 0.904. The van der Waals surface area contributed by atoms with E-state index >= 15 is 0 Å². The fraction of sp³-hybridized carbons (Fsp3) is 0.692. The lowest BCUT2D eigenvalue weighted by atomic mass is 9.81. The maximum absolute atomic E-state index is 9.54. The Morgan fingerprint density at radius 3 is 2.82 bits per heavy atom. The highest BCUT2D eigenvalue weighted by Gasteiger charge is 2.31. The monoisotopic (exact) mass is 238 g/mol. The summed E-state index contributed by atoms with van der Waals surface area (Å²) in [4.78, 5) is 0. The maximum Gasteiger partial charge on any atom is 0.0501 e. The number of hydrogen-bond donors (Lipinski definition) is 2. The molecule has 1 aromatic heterocycles. The van der Waals surface area contributed by atoms with Crippen molar-refractivity contribution in [1.82, 2.24) is 9.88 Å². The van der Waals surface area contributed by atoms with Crippen LogP contribution in [0.3, 0.4) is 0 Å². The highest BCUT2D eigenvalue weighted by atomic mass is 16.5. The number of ether oxygens (including phenoxy) is 1. The van der Waals surface area contributed by atoms with Crippen LogP contribution >= 0.6 is 0 Å². The van der Waals surface area contributed by atoms with Gasteiger partial charge in [-0.15, -0.1) is 0 Å². The molecular weight excluding hydrogens is 216 g/mol. The molecule has 1 aliphatic rings. The molecule has 0 radical (unpaired) electrons. The molecule has 0 spiro atoms. The summed E-state index contributed by atoms with van der Waals surface area (Å²) in [5, 5.41) is 13.0. The largest absolute Gasteiger partial charge is 0.396 e. The Balaban J connectivity index is 1.79. The number of aryl methyl sites for hydroxylation is 1. The molecule has 2 heterocycles. The average Bonchev–Trinajstić information content (AvgIpc) is 2.76. The number of nitrogens with one attached hydrogen (secondary N) is 1. The number of aromatic nitrogens is 1. The lowest BCUT2D eigenvalue weighted by molar-refractivity contribution is -0.0154. The first-order valence-electron chi connectivity index (χ1n) is 6.24. The van der Waals surface area contributed by atoms with Crippen LogP contribution in [-0.4, -0.2) is 36.0 Å². The molecule has 1 aliphatic heterocycles. The van der Waals surface area contributed by atoms with Crippen molar-refractivity contribution in [3.63, 3.8) is 0 Å². The first-order valence-corrected chi connectivity index (χ1v) is 6.24. The number of nitrogens with zero attached hydrogens (tertiary/aromatic N) is 1. The second kappa shape index (κ2) is 5.67. The summed E-state index contributed by atoms with van der Waals surface area (Å²) in [7, 11) is 2.02. The van der Waals surface area contributed by atoms with E-state index in [1.54, 1.807) is 0 Å². The van der Waals surface area contributed by atoms with Crippen molar-refractivity contribution in [2.45, 2.75) is 19.4 Å². The molecule has 4 heteroatoms. The van der Waals surface area contributed by atoms with Crippen molar-refractivity contribution in [1.29, 1.82) is 0 Å². The van der Waals surface area contributed by atoms with Crippen LogP contribution in [0.15, 0.2) is 18.5 Å². The fourth-order valence-corrected chi connectivity index (χ4v) is 2.33. The Hall–Kier alpha value is -0.840. The smallest absolute Gasteiger partial charge is 0.0501 e. The zero-order valence-corrected chi connectivity index (χ0v) is 10.5. The van der Waals surface area contributed by atoms with Gasteiger partial charge in [-0.1, -0.05) is 0 Å². The normalized spacial score (nSPS) is 19.4. The van der Waals surface area contributed by atoms with Gasteiger partial charge in [-0.2, -0.15) is 0 Å². The minimum absolute atomic E-state index is 0.0209. The number of aliphatic hydroxyl groups is 1. The maximum atomic E-state index is 9.54. The zero-order valence-electron chi connectivity index (χ0n) is 10.5. The molecule has 1 saturated heterocycles. The summed E-state index contributed by atoms with van der Waals surface area (Å²) in [6.45, 7) is 3.52. The molecule has 1 aromatic rings. The van der Waals surface area contributed by atoms with Gasteiger partial charge < -0.3 is 19.7 Å². The van der Waals surface area contributed by atoms with E-state index in [1.165, 1.54) is 5.56 Å². The molecule has 1 fully saturated rings. The summed E-state index contributed by atoms with van der Waals surface area (Å²) in [6.07, 6.45) is 6.06. The van der Waals surface area contributed by atoms with E-state index in [0.29, 0.717) is 0 Å². The molecule has 96 valence electrons. The van der Waals surface area contributed by atoms with Crippen molar-refractivity contribution in [2.75, 3.05) is 26.4 Å². The topological polar surface area (TPSA) is 46.4 Å². The minimum Gasteiger partial charge on any atom is -0.396 e. The van der Waals surface area contributed by atoms with Crippen molar-refractivity contribution >= 4 is 0 Å². The van der Waals surface area contributed by atoms with Crippen LogP contribution in [0.5, 0.6) is 0 Å². The molecule has 0 aromatic carbocycles. The molecule has 0 aliphatic carbocycles. The van der Waals surface area contributed by atoms with Crippen LogP contribution in [0.1, 0.15) is 18.4 Å². The Bertz CT molecular complexity index is 343. The quantitative estimate of drug-likeness (QED) is 0.801. The lowest BCUT2D eigenvalue weighted by Crippen LogP contribution is -2.41. The van der Waals surface area contributed by atoms with Gasteiger partial charge in [0, 0.05) is 51.2 Å². The van der Waals surface area contributed by atoms with Crippen molar-refractivity contribution in [3.05, 3.63) is 24.0 Å². The summed E-state index contributed by atoms with van der Waals surface area (Å²) in [5.74, 6) is 0. The Morgan fingerprint density at radius 1 is 1.47 bits per heavy atom. The third-order valence-corrected chi connectivity index (χ3v) is 3.61. The number of aliphatic hydroxyl groups excluding tert-OH is 1. The van der Waals surface area contributed by atoms with Crippen LogP contribution in [0.25, 0.3) is 0 Å². The van der Waals surface area contributed by atoms with Crippen molar-refractivity contribution in [3.8, 4) is 0 Å². The van der Waals surface area contributed by atoms with Crippen LogP contribution in [0.2, 0.25) is 0 Å². The molecule has 0 bridgehead atoms. The number of hydrogen-bond acceptors (Lipinski definition) is 3. The molecule has 2 N–H and O–H groups in total. The molecular formula is C13H22N2O2.